The molecule has 0 saturated carbocycles. The van der Waals surface area contributed by atoms with Crippen molar-refractivity contribution in [3.63, 3.8) is 0 Å². The zero-order valence-electron chi connectivity index (χ0n) is 10.1. The fraction of sp³-hybridized carbons (Fsp3) is 0.364. The second-order valence-electron chi connectivity index (χ2n) is 3.34. The number of aromatic nitrogens is 1. The van der Waals surface area contributed by atoms with Gasteiger partial charge in [0.2, 0.25) is 0 Å². The first-order valence-electron chi connectivity index (χ1n) is 5.54. The van der Waals surface area contributed by atoms with E-state index in [9.17, 15) is 9.59 Å². The Kier molecular flexibility index (Phi) is 5.43. The molecule has 0 unspecified atom stereocenters. The number of nitrogens with one attached hydrogen (secondary N) is 2. The van der Waals surface area contributed by atoms with E-state index >= 15 is 0 Å². The fourth-order valence-corrected chi connectivity index (χ4v) is 1.29. The summed E-state index contributed by atoms with van der Waals surface area (Å²) in [6.07, 6.45) is 1.56. The Labute approximate surface area is 105 Å². The normalized spacial score (nSPS) is 9.61. The van der Waals surface area contributed by atoms with Gasteiger partial charge in [0.15, 0.2) is 0 Å². The van der Waals surface area contributed by atoms with E-state index in [0.717, 1.165) is 0 Å². The molecule has 4 N–H and O–H groups in total. The maximum absolute atomic E-state index is 11.6. The molecule has 0 radical (unpaired) electrons. The molecule has 98 valence electrons. The van der Waals surface area contributed by atoms with E-state index in [4.69, 9.17) is 10.5 Å². The Morgan fingerprint density at radius 3 is 2.89 bits per heavy atom. The number of pyridine rings is 1. The van der Waals surface area contributed by atoms with Crippen molar-refractivity contribution in [2.75, 3.05) is 25.0 Å². The second kappa shape index (κ2) is 7.10. The van der Waals surface area contributed by atoms with E-state index in [0.29, 0.717) is 31.1 Å². The lowest BCUT2D eigenvalue weighted by atomic mass is 10.2. The zero-order chi connectivity index (χ0) is 13.4. The van der Waals surface area contributed by atoms with Crippen LogP contribution in [0.15, 0.2) is 18.3 Å². The lowest BCUT2D eigenvalue weighted by molar-refractivity contribution is 0.0527. The summed E-state index contributed by atoms with van der Waals surface area (Å²) in [6, 6.07) is 2.68. The number of rotatable bonds is 6. The number of hydrogen-bond acceptors (Lipinski definition) is 5. The summed E-state index contributed by atoms with van der Waals surface area (Å²) in [6.45, 7) is 2.79. The molecule has 0 aliphatic rings. The van der Waals surface area contributed by atoms with Crippen molar-refractivity contribution in [2.45, 2.75) is 6.92 Å². The smallest absolute Gasteiger partial charge is 0.341 e. The zero-order valence-corrected chi connectivity index (χ0v) is 10.1. The Balaban J connectivity index is 2.59. The third-order valence-electron chi connectivity index (χ3n) is 2.02. The topological polar surface area (TPSA) is 106 Å². The molecule has 0 aliphatic heterocycles. The lowest BCUT2D eigenvalue weighted by Crippen LogP contribution is -2.33. The number of nitrogens with two attached hydrogens (primary N) is 1. The first-order valence-corrected chi connectivity index (χ1v) is 5.54. The van der Waals surface area contributed by atoms with E-state index < -0.39 is 12.0 Å². The minimum Gasteiger partial charge on any atom is -0.462 e. The summed E-state index contributed by atoms with van der Waals surface area (Å²) in [5, 5.41) is 5.35. The van der Waals surface area contributed by atoms with E-state index in [1.807, 2.05) is 0 Å². The van der Waals surface area contributed by atoms with E-state index in [2.05, 4.69) is 15.6 Å². The van der Waals surface area contributed by atoms with Crippen molar-refractivity contribution < 1.29 is 14.3 Å². The fourth-order valence-electron chi connectivity index (χ4n) is 1.29. The Morgan fingerprint density at radius 2 is 2.22 bits per heavy atom. The molecular formula is C11H16N4O3. The molecule has 0 spiro atoms. The van der Waals surface area contributed by atoms with Gasteiger partial charge in [0, 0.05) is 19.3 Å². The molecule has 1 rings (SSSR count). The largest absolute Gasteiger partial charge is 0.462 e. The highest BCUT2D eigenvalue weighted by Gasteiger charge is 2.12. The van der Waals surface area contributed by atoms with Crippen LogP contribution in [0.25, 0.3) is 0 Å². The minimum absolute atomic E-state index is 0.302. The molecule has 0 fully saturated rings. The Bertz CT molecular complexity index is 423. The lowest BCUT2D eigenvalue weighted by Gasteiger charge is -2.09. The number of anilines is 1. The van der Waals surface area contributed by atoms with Gasteiger partial charge >= 0.3 is 12.0 Å². The van der Waals surface area contributed by atoms with E-state index in [1.54, 1.807) is 25.3 Å². The highest BCUT2D eigenvalue weighted by Crippen LogP contribution is 2.12. The van der Waals surface area contributed by atoms with Crippen LogP contribution in [0.5, 0.6) is 0 Å². The summed E-state index contributed by atoms with van der Waals surface area (Å²) in [7, 11) is 0. The first kappa shape index (κ1) is 13.8. The van der Waals surface area contributed by atoms with Gasteiger partial charge in [0.05, 0.1) is 6.61 Å². The molecule has 0 aromatic carbocycles. The van der Waals surface area contributed by atoms with Crippen LogP contribution < -0.4 is 16.4 Å². The molecule has 18 heavy (non-hydrogen) atoms. The van der Waals surface area contributed by atoms with E-state index in [1.165, 1.54) is 0 Å². The summed E-state index contributed by atoms with van der Waals surface area (Å²) in [4.78, 5) is 26.1. The Hall–Kier alpha value is -2.31. The van der Waals surface area contributed by atoms with Gasteiger partial charge in [0.25, 0.3) is 0 Å². The summed E-state index contributed by atoms with van der Waals surface area (Å²) in [5.74, 6) is -0.0156. The maximum atomic E-state index is 11.6. The molecule has 1 aromatic rings. The summed E-state index contributed by atoms with van der Waals surface area (Å²) in [5.41, 5.74) is 5.28. The molecule has 7 heteroatoms. The van der Waals surface area contributed by atoms with Gasteiger partial charge in [-0.25, -0.2) is 14.6 Å². The quantitative estimate of drug-likeness (QED) is 0.500. The number of esters is 1. The number of hydrogen-bond donors (Lipinski definition) is 3. The van der Waals surface area contributed by atoms with Gasteiger partial charge in [-0.3, -0.25) is 0 Å². The van der Waals surface area contributed by atoms with Gasteiger partial charge in [-0.05, 0) is 19.1 Å². The minimum atomic E-state index is -0.594. The average molecular weight is 252 g/mol. The van der Waals surface area contributed by atoms with Gasteiger partial charge in [0.1, 0.15) is 11.4 Å². The number of nitrogens with zero attached hydrogens (tertiary/aromatic N) is 1. The standard InChI is InChI=1S/C11H16N4O3/c1-2-18-10(16)8-4-3-5-13-9(8)14-6-7-15-11(12)17/h3-5H,2,6-7H2,1H3,(H,13,14)(H3,12,15,17). The SMILES string of the molecule is CCOC(=O)c1cccnc1NCCNC(N)=O. The van der Waals surface area contributed by atoms with Crippen LogP contribution in [0.1, 0.15) is 17.3 Å². The van der Waals surface area contributed by atoms with Crippen molar-refractivity contribution in [2.24, 2.45) is 5.73 Å². The van der Waals surface area contributed by atoms with Gasteiger partial charge in [-0.1, -0.05) is 0 Å². The number of carbonyl (C=O) groups excluding carboxylic acids is 2. The molecule has 1 aromatic heterocycles. The maximum Gasteiger partial charge on any atom is 0.341 e. The molecule has 1 heterocycles. The number of primary amides is 1. The van der Waals surface area contributed by atoms with Crippen LogP contribution in [0.4, 0.5) is 10.6 Å². The van der Waals surface area contributed by atoms with Crippen LogP contribution in [-0.4, -0.2) is 36.7 Å². The first-order chi connectivity index (χ1) is 8.65. The third-order valence-corrected chi connectivity index (χ3v) is 2.02. The van der Waals surface area contributed by atoms with Gasteiger partial charge in [-0.15, -0.1) is 0 Å². The van der Waals surface area contributed by atoms with Gasteiger partial charge in [-0.2, -0.15) is 0 Å². The van der Waals surface area contributed by atoms with Crippen molar-refractivity contribution >= 4 is 17.8 Å². The molecule has 0 saturated heterocycles. The van der Waals surface area contributed by atoms with Crippen LogP contribution in [0, 0.1) is 0 Å². The van der Waals surface area contributed by atoms with Crippen molar-refractivity contribution in [3.05, 3.63) is 23.9 Å². The summed E-state index contributed by atoms with van der Waals surface area (Å²) >= 11 is 0. The Morgan fingerprint density at radius 1 is 1.44 bits per heavy atom. The van der Waals surface area contributed by atoms with Crippen molar-refractivity contribution in [1.82, 2.24) is 10.3 Å². The predicted octanol–water partition coefficient (Wildman–Crippen LogP) is 0.339. The van der Waals surface area contributed by atoms with Crippen molar-refractivity contribution in [3.8, 4) is 0 Å². The van der Waals surface area contributed by atoms with Crippen LogP contribution in [0.2, 0.25) is 0 Å². The predicted molar refractivity (Wildman–Crippen MR) is 66.3 cm³/mol. The van der Waals surface area contributed by atoms with Crippen LogP contribution >= 0.6 is 0 Å². The second-order valence-corrected chi connectivity index (χ2v) is 3.34. The molecule has 0 bridgehead atoms. The monoisotopic (exact) mass is 252 g/mol. The van der Waals surface area contributed by atoms with E-state index in [-0.39, 0.29) is 0 Å². The summed E-state index contributed by atoms with van der Waals surface area (Å²) < 4.78 is 4.90. The van der Waals surface area contributed by atoms with Crippen LogP contribution in [-0.2, 0) is 4.74 Å². The highest BCUT2D eigenvalue weighted by atomic mass is 16.5. The van der Waals surface area contributed by atoms with Crippen molar-refractivity contribution in [1.29, 1.82) is 0 Å². The molecule has 0 aliphatic carbocycles. The number of amides is 2. The molecule has 7 nitrogen and oxygen atoms in total. The molecule has 2 amide bonds. The van der Waals surface area contributed by atoms with Gasteiger partial charge < -0.3 is 21.1 Å². The average Bonchev–Trinajstić information content (AvgIpc) is 2.35. The number of urea groups is 1. The highest BCUT2D eigenvalue weighted by molar-refractivity contribution is 5.94. The van der Waals surface area contributed by atoms with Crippen LogP contribution in [0.3, 0.4) is 0 Å². The molecular weight excluding hydrogens is 236 g/mol. The number of ether oxygens (including phenoxy) is 1. The third kappa shape index (κ3) is 4.28. The number of carbonyl (C=O) groups is 2. The molecule has 0 atom stereocenters.